The van der Waals surface area contributed by atoms with E-state index in [1.807, 2.05) is 42.5 Å². The fourth-order valence-electron chi connectivity index (χ4n) is 1.58. The maximum absolute atomic E-state index is 6.07. The zero-order chi connectivity index (χ0) is 13.0. The molecule has 0 aromatic heterocycles. The van der Waals surface area contributed by atoms with E-state index in [0.717, 1.165) is 15.6 Å². The second-order valence-electron chi connectivity index (χ2n) is 3.93. The van der Waals surface area contributed by atoms with E-state index in [-0.39, 0.29) is 0 Å². The number of hydrogen-bond donors (Lipinski definition) is 1. The van der Waals surface area contributed by atoms with Crippen molar-refractivity contribution in [3.63, 3.8) is 0 Å². The summed E-state index contributed by atoms with van der Waals surface area (Å²) in [7, 11) is 0. The van der Waals surface area contributed by atoms with Gasteiger partial charge in [0.15, 0.2) is 0 Å². The van der Waals surface area contributed by atoms with Gasteiger partial charge < -0.3 is 10.5 Å². The van der Waals surface area contributed by atoms with Gasteiger partial charge in [-0.1, -0.05) is 45.7 Å². The Bertz CT molecular complexity index is 508. The van der Waals surface area contributed by atoms with Gasteiger partial charge in [0.1, 0.15) is 0 Å². The number of nitrogens with two attached hydrogens (primary N) is 1. The van der Waals surface area contributed by atoms with Crippen molar-refractivity contribution in [2.75, 3.05) is 5.73 Å². The quantitative estimate of drug-likeness (QED) is 0.845. The van der Waals surface area contributed by atoms with Crippen LogP contribution < -0.4 is 5.73 Å². The number of anilines is 1. The third-order valence-electron chi connectivity index (χ3n) is 2.58. The number of rotatable bonds is 4. The van der Waals surface area contributed by atoms with Gasteiger partial charge >= 0.3 is 0 Å². The molecule has 0 saturated heterocycles. The zero-order valence-corrected chi connectivity index (χ0v) is 12.0. The lowest BCUT2D eigenvalue weighted by Crippen LogP contribution is -1.99. The van der Waals surface area contributed by atoms with Gasteiger partial charge in [-0.05, 0) is 29.8 Å². The van der Waals surface area contributed by atoms with E-state index in [1.54, 1.807) is 0 Å². The number of nitrogen functional groups attached to an aromatic ring is 1. The maximum Gasteiger partial charge on any atom is 0.0756 e. The summed E-state index contributed by atoms with van der Waals surface area (Å²) in [6.07, 6.45) is 0. The average molecular weight is 327 g/mol. The minimum Gasteiger partial charge on any atom is -0.398 e. The minimum atomic E-state index is 0.418. The van der Waals surface area contributed by atoms with Crippen LogP contribution in [0, 0.1) is 0 Å². The van der Waals surface area contributed by atoms with E-state index in [4.69, 9.17) is 22.1 Å². The molecular formula is C14H13BrClNO. The Balaban J connectivity index is 1.94. The molecule has 4 heteroatoms. The Morgan fingerprint density at radius 2 is 1.78 bits per heavy atom. The third-order valence-corrected chi connectivity index (χ3v) is 3.47. The van der Waals surface area contributed by atoms with Crippen LogP contribution in [0.3, 0.4) is 0 Å². The third kappa shape index (κ3) is 3.48. The molecule has 0 aliphatic heterocycles. The minimum absolute atomic E-state index is 0.418. The van der Waals surface area contributed by atoms with Crippen LogP contribution in [0.4, 0.5) is 5.69 Å². The monoisotopic (exact) mass is 325 g/mol. The molecule has 0 saturated carbocycles. The first kappa shape index (κ1) is 13.4. The lowest BCUT2D eigenvalue weighted by Gasteiger charge is -2.09. The molecule has 0 radical (unpaired) electrons. The number of benzene rings is 2. The van der Waals surface area contributed by atoms with Crippen LogP contribution in [-0.4, -0.2) is 0 Å². The molecule has 2 N–H and O–H groups in total. The van der Waals surface area contributed by atoms with Gasteiger partial charge in [0.25, 0.3) is 0 Å². The fourth-order valence-corrected chi connectivity index (χ4v) is 2.08. The highest BCUT2D eigenvalue weighted by Crippen LogP contribution is 2.23. The van der Waals surface area contributed by atoms with Gasteiger partial charge in [-0.3, -0.25) is 0 Å². The maximum atomic E-state index is 6.07. The normalized spacial score (nSPS) is 10.6. The first-order chi connectivity index (χ1) is 8.66. The summed E-state index contributed by atoms with van der Waals surface area (Å²) in [5.41, 5.74) is 8.47. The predicted molar refractivity (Wildman–Crippen MR) is 78.5 cm³/mol. The van der Waals surface area contributed by atoms with Crippen molar-refractivity contribution in [1.29, 1.82) is 0 Å². The Morgan fingerprint density at radius 1 is 1.06 bits per heavy atom. The van der Waals surface area contributed by atoms with Gasteiger partial charge in [0, 0.05) is 20.7 Å². The van der Waals surface area contributed by atoms with E-state index in [1.165, 1.54) is 0 Å². The van der Waals surface area contributed by atoms with Crippen LogP contribution >= 0.6 is 27.5 Å². The first-order valence-corrected chi connectivity index (χ1v) is 6.69. The highest BCUT2D eigenvalue weighted by atomic mass is 79.9. The van der Waals surface area contributed by atoms with Crippen LogP contribution in [0.5, 0.6) is 0 Å². The van der Waals surface area contributed by atoms with Crippen molar-refractivity contribution in [3.8, 4) is 0 Å². The predicted octanol–water partition coefficient (Wildman–Crippen LogP) is 4.40. The lowest BCUT2D eigenvalue weighted by molar-refractivity contribution is 0.107. The van der Waals surface area contributed by atoms with Crippen LogP contribution in [0.1, 0.15) is 11.1 Å². The van der Waals surface area contributed by atoms with E-state index in [2.05, 4.69) is 15.9 Å². The molecule has 2 aromatic carbocycles. The van der Waals surface area contributed by atoms with Gasteiger partial charge in [0.2, 0.25) is 0 Å². The molecule has 0 amide bonds. The molecule has 0 fully saturated rings. The Morgan fingerprint density at radius 3 is 2.44 bits per heavy atom. The molecule has 0 atom stereocenters. The van der Waals surface area contributed by atoms with Crippen LogP contribution in [0.2, 0.25) is 5.02 Å². The summed E-state index contributed by atoms with van der Waals surface area (Å²) >= 11 is 9.46. The Labute approximate surface area is 120 Å². The number of halogens is 2. The summed E-state index contributed by atoms with van der Waals surface area (Å²) in [4.78, 5) is 0. The molecule has 0 aliphatic carbocycles. The first-order valence-electron chi connectivity index (χ1n) is 5.52. The highest BCUT2D eigenvalue weighted by Gasteiger charge is 2.04. The standard InChI is InChI=1S/C14H13BrClNO/c15-11-6-4-10(5-7-11)8-18-9-12-13(16)2-1-3-14(12)17/h1-7H,8-9,17H2. The van der Waals surface area contributed by atoms with Gasteiger partial charge in [-0.15, -0.1) is 0 Å². The van der Waals surface area contributed by atoms with Crippen molar-refractivity contribution >= 4 is 33.2 Å². The van der Waals surface area contributed by atoms with Crippen LogP contribution in [-0.2, 0) is 18.0 Å². The smallest absolute Gasteiger partial charge is 0.0756 e. The number of hydrogen-bond acceptors (Lipinski definition) is 2. The molecule has 0 heterocycles. The summed E-state index contributed by atoms with van der Waals surface area (Å²) in [6, 6.07) is 13.5. The second-order valence-corrected chi connectivity index (χ2v) is 5.25. The number of ether oxygens (including phenoxy) is 1. The lowest BCUT2D eigenvalue weighted by atomic mass is 10.2. The fraction of sp³-hybridized carbons (Fsp3) is 0.143. The Kier molecular flexibility index (Phi) is 4.64. The molecule has 2 rings (SSSR count). The van der Waals surface area contributed by atoms with E-state index in [9.17, 15) is 0 Å². The van der Waals surface area contributed by atoms with Gasteiger partial charge in [0.05, 0.1) is 13.2 Å². The molecule has 0 aliphatic rings. The molecule has 0 unspecified atom stereocenters. The molecule has 2 aromatic rings. The zero-order valence-electron chi connectivity index (χ0n) is 9.70. The summed E-state index contributed by atoms with van der Waals surface area (Å²) in [5.74, 6) is 0. The Hall–Kier alpha value is -1.03. The van der Waals surface area contributed by atoms with E-state index < -0.39 is 0 Å². The van der Waals surface area contributed by atoms with Crippen molar-refractivity contribution < 1.29 is 4.74 Å². The van der Waals surface area contributed by atoms with Crippen LogP contribution in [0.25, 0.3) is 0 Å². The van der Waals surface area contributed by atoms with Gasteiger partial charge in [-0.2, -0.15) is 0 Å². The van der Waals surface area contributed by atoms with Gasteiger partial charge in [-0.25, -0.2) is 0 Å². The molecular weight excluding hydrogens is 314 g/mol. The molecule has 94 valence electrons. The van der Waals surface area contributed by atoms with E-state index in [0.29, 0.717) is 23.9 Å². The topological polar surface area (TPSA) is 35.2 Å². The highest BCUT2D eigenvalue weighted by molar-refractivity contribution is 9.10. The van der Waals surface area contributed by atoms with Crippen LogP contribution in [0.15, 0.2) is 46.9 Å². The van der Waals surface area contributed by atoms with Crippen molar-refractivity contribution in [3.05, 3.63) is 63.1 Å². The molecule has 0 bridgehead atoms. The molecule has 18 heavy (non-hydrogen) atoms. The SMILES string of the molecule is Nc1cccc(Cl)c1COCc1ccc(Br)cc1. The largest absolute Gasteiger partial charge is 0.398 e. The summed E-state index contributed by atoms with van der Waals surface area (Å²) in [5, 5.41) is 0.644. The second kappa shape index (κ2) is 6.23. The van der Waals surface area contributed by atoms with E-state index >= 15 is 0 Å². The summed E-state index contributed by atoms with van der Waals surface area (Å²) < 4.78 is 6.68. The molecule has 2 nitrogen and oxygen atoms in total. The molecule has 0 spiro atoms. The van der Waals surface area contributed by atoms with Crippen molar-refractivity contribution in [1.82, 2.24) is 0 Å². The van der Waals surface area contributed by atoms with Crippen molar-refractivity contribution in [2.45, 2.75) is 13.2 Å². The summed E-state index contributed by atoms with van der Waals surface area (Å²) in [6.45, 7) is 0.958. The van der Waals surface area contributed by atoms with Crippen molar-refractivity contribution in [2.24, 2.45) is 0 Å². The average Bonchev–Trinajstić information content (AvgIpc) is 2.35.